The Bertz CT molecular complexity index is 574. The van der Waals surface area contributed by atoms with E-state index >= 15 is 0 Å². The lowest BCUT2D eigenvalue weighted by atomic mass is 10.3. The average molecular weight is 286 g/mol. The number of rotatable bonds is 5. The van der Waals surface area contributed by atoms with Crippen LogP contribution in [0.3, 0.4) is 0 Å². The van der Waals surface area contributed by atoms with Crippen molar-refractivity contribution in [2.75, 3.05) is 11.9 Å². The van der Waals surface area contributed by atoms with E-state index in [9.17, 15) is 4.79 Å². The third-order valence-corrected chi connectivity index (χ3v) is 3.55. The normalized spacial score (nSPS) is 15.2. The maximum atomic E-state index is 11.8. The first kappa shape index (κ1) is 13.8. The molecule has 1 aromatic heterocycles. The molecular weight excluding hydrogens is 268 g/mol. The van der Waals surface area contributed by atoms with Crippen LogP contribution in [0.25, 0.3) is 5.69 Å². The molecule has 6 nitrogen and oxygen atoms in total. The topological polar surface area (TPSA) is 69.0 Å². The van der Waals surface area contributed by atoms with Gasteiger partial charge in [-0.15, -0.1) is 0 Å². The Balaban J connectivity index is 1.51. The van der Waals surface area contributed by atoms with Gasteiger partial charge >= 0.3 is 0 Å². The minimum Gasteiger partial charge on any atom is -0.368 e. The Labute approximate surface area is 123 Å². The smallest absolute Gasteiger partial charge is 0.250 e. The van der Waals surface area contributed by atoms with Crippen molar-refractivity contribution in [3.63, 3.8) is 0 Å². The molecule has 2 aromatic rings. The Morgan fingerprint density at radius 2 is 1.86 bits per heavy atom. The molecule has 0 saturated heterocycles. The van der Waals surface area contributed by atoms with E-state index in [0.717, 1.165) is 24.2 Å². The first-order chi connectivity index (χ1) is 10.3. The fraction of sp³-hybridized carbons (Fsp3) is 0.400. The van der Waals surface area contributed by atoms with E-state index in [1.807, 2.05) is 24.3 Å². The van der Waals surface area contributed by atoms with E-state index in [4.69, 9.17) is 4.74 Å². The van der Waals surface area contributed by atoms with Gasteiger partial charge in [0.15, 0.2) is 0 Å². The molecule has 110 valence electrons. The van der Waals surface area contributed by atoms with Crippen LogP contribution in [0.4, 0.5) is 5.69 Å². The van der Waals surface area contributed by atoms with Crippen LogP contribution < -0.4 is 5.32 Å². The lowest BCUT2D eigenvalue weighted by Crippen LogP contribution is -2.21. The molecule has 1 aliphatic carbocycles. The van der Waals surface area contributed by atoms with Crippen molar-refractivity contribution in [1.82, 2.24) is 15.0 Å². The van der Waals surface area contributed by atoms with E-state index < -0.39 is 0 Å². The van der Waals surface area contributed by atoms with Crippen LogP contribution in [-0.2, 0) is 9.53 Å². The van der Waals surface area contributed by atoms with E-state index in [2.05, 4.69) is 15.5 Å². The molecule has 0 unspecified atom stereocenters. The highest BCUT2D eigenvalue weighted by Gasteiger charge is 2.16. The van der Waals surface area contributed by atoms with Crippen LogP contribution in [-0.4, -0.2) is 33.6 Å². The molecule has 1 N–H and O–H groups in total. The summed E-state index contributed by atoms with van der Waals surface area (Å²) in [4.78, 5) is 13.3. The quantitative estimate of drug-likeness (QED) is 0.914. The zero-order chi connectivity index (χ0) is 14.5. The zero-order valence-electron chi connectivity index (χ0n) is 11.7. The highest BCUT2D eigenvalue weighted by atomic mass is 16.5. The van der Waals surface area contributed by atoms with Crippen molar-refractivity contribution >= 4 is 11.6 Å². The highest BCUT2D eigenvalue weighted by molar-refractivity contribution is 5.91. The van der Waals surface area contributed by atoms with E-state index in [0.29, 0.717) is 0 Å². The largest absolute Gasteiger partial charge is 0.368 e. The fourth-order valence-corrected chi connectivity index (χ4v) is 2.47. The molecule has 1 heterocycles. The van der Waals surface area contributed by atoms with E-state index in [1.165, 1.54) is 17.6 Å². The van der Waals surface area contributed by atoms with Crippen molar-refractivity contribution in [2.45, 2.75) is 31.8 Å². The number of aromatic nitrogens is 3. The first-order valence-corrected chi connectivity index (χ1v) is 7.19. The predicted octanol–water partition coefficient (Wildman–Crippen LogP) is 2.17. The summed E-state index contributed by atoms with van der Waals surface area (Å²) in [5.74, 6) is -0.119. The van der Waals surface area contributed by atoms with Gasteiger partial charge in [-0.05, 0) is 37.1 Å². The Kier molecular flexibility index (Phi) is 4.25. The molecule has 0 bridgehead atoms. The second-order valence-electron chi connectivity index (χ2n) is 5.13. The van der Waals surface area contributed by atoms with Gasteiger partial charge in [-0.3, -0.25) is 4.79 Å². The second-order valence-corrected chi connectivity index (χ2v) is 5.13. The van der Waals surface area contributed by atoms with Gasteiger partial charge in [-0.25, -0.2) is 0 Å². The number of nitrogens with zero attached hydrogens (tertiary/aromatic N) is 3. The number of nitrogens with one attached hydrogen (secondary N) is 1. The van der Waals surface area contributed by atoms with Crippen LogP contribution in [0.5, 0.6) is 0 Å². The molecule has 6 heteroatoms. The number of ether oxygens (including phenoxy) is 1. The number of anilines is 1. The predicted molar refractivity (Wildman–Crippen MR) is 78.2 cm³/mol. The van der Waals surface area contributed by atoms with Gasteiger partial charge in [0.2, 0.25) is 5.91 Å². The van der Waals surface area contributed by atoms with Crippen LogP contribution in [0, 0.1) is 0 Å². The summed E-state index contributed by atoms with van der Waals surface area (Å²) in [5.41, 5.74) is 1.59. The van der Waals surface area contributed by atoms with Crippen molar-refractivity contribution in [3.8, 4) is 5.69 Å². The SMILES string of the molecule is O=C(COC1CCCC1)Nc1ccc(-n2nccn2)cc1. The molecule has 21 heavy (non-hydrogen) atoms. The molecular formula is C15H18N4O2. The number of hydrogen-bond donors (Lipinski definition) is 1. The first-order valence-electron chi connectivity index (χ1n) is 7.19. The monoisotopic (exact) mass is 286 g/mol. The minimum atomic E-state index is -0.119. The molecule has 1 amide bonds. The average Bonchev–Trinajstić information content (AvgIpc) is 3.19. The maximum absolute atomic E-state index is 11.8. The number of amides is 1. The van der Waals surface area contributed by atoms with Crippen molar-refractivity contribution in [1.29, 1.82) is 0 Å². The van der Waals surface area contributed by atoms with E-state index in [1.54, 1.807) is 12.4 Å². The molecule has 0 radical (unpaired) electrons. The van der Waals surface area contributed by atoms with Gasteiger partial charge in [0.1, 0.15) is 6.61 Å². The van der Waals surface area contributed by atoms with Crippen LogP contribution in [0.15, 0.2) is 36.7 Å². The minimum absolute atomic E-state index is 0.118. The molecule has 1 fully saturated rings. The Morgan fingerprint density at radius 3 is 2.52 bits per heavy atom. The van der Waals surface area contributed by atoms with Crippen molar-refractivity contribution in [3.05, 3.63) is 36.7 Å². The van der Waals surface area contributed by atoms with Gasteiger partial charge in [0.25, 0.3) is 0 Å². The van der Waals surface area contributed by atoms with Gasteiger partial charge in [0.05, 0.1) is 24.2 Å². The number of benzene rings is 1. The third-order valence-electron chi connectivity index (χ3n) is 3.55. The third kappa shape index (κ3) is 3.66. The summed E-state index contributed by atoms with van der Waals surface area (Å²) in [6.45, 7) is 0.118. The number of carbonyl (C=O) groups is 1. The summed E-state index contributed by atoms with van der Waals surface area (Å²) in [7, 11) is 0. The van der Waals surface area contributed by atoms with E-state index in [-0.39, 0.29) is 18.6 Å². The summed E-state index contributed by atoms with van der Waals surface area (Å²) in [6, 6.07) is 7.36. The fourth-order valence-electron chi connectivity index (χ4n) is 2.47. The number of carbonyl (C=O) groups excluding carboxylic acids is 1. The van der Waals surface area contributed by atoms with Crippen LogP contribution in [0.2, 0.25) is 0 Å². The molecule has 1 aromatic carbocycles. The highest BCUT2D eigenvalue weighted by Crippen LogP contribution is 2.20. The van der Waals surface area contributed by atoms with Crippen LogP contribution >= 0.6 is 0 Å². The zero-order valence-corrected chi connectivity index (χ0v) is 11.7. The van der Waals surface area contributed by atoms with Gasteiger partial charge in [-0.1, -0.05) is 12.8 Å². The van der Waals surface area contributed by atoms with Crippen LogP contribution in [0.1, 0.15) is 25.7 Å². The molecule has 0 spiro atoms. The van der Waals surface area contributed by atoms with Gasteiger partial charge in [0, 0.05) is 5.69 Å². The summed E-state index contributed by atoms with van der Waals surface area (Å²) in [6.07, 6.45) is 8.04. The summed E-state index contributed by atoms with van der Waals surface area (Å²) in [5, 5.41) is 10.9. The summed E-state index contributed by atoms with van der Waals surface area (Å²) >= 11 is 0. The lowest BCUT2D eigenvalue weighted by molar-refractivity contribution is -0.122. The lowest BCUT2D eigenvalue weighted by Gasteiger charge is -2.11. The van der Waals surface area contributed by atoms with Crippen molar-refractivity contribution in [2.24, 2.45) is 0 Å². The molecule has 3 rings (SSSR count). The molecule has 1 aliphatic rings. The van der Waals surface area contributed by atoms with Gasteiger partial charge in [-0.2, -0.15) is 15.0 Å². The molecule has 1 saturated carbocycles. The molecule has 0 aliphatic heterocycles. The Hall–Kier alpha value is -2.21. The Morgan fingerprint density at radius 1 is 1.19 bits per heavy atom. The standard InChI is InChI=1S/C15H18N4O2/c20-15(11-21-14-3-1-2-4-14)18-12-5-7-13(8-6-12)19-16-9-10-17-19/h5-10,14H,1-4,11H2,(H,18,20). The summed E-state index contributed by atoms with van der Waals surface area (Å²) < 4.78 is 5.58. The second kappa shape index (κ2) is 6.49. The molecule has 0 atom stereocenters. The maximum Gasteiger partial charge on any atom is 0.250 e. The van der Waals surface area contributed by atoms with Gasteiger partial charge < -0.3 is 10.1 Å². The van der Waals surface area contributed by atoms with Crippen molar-refractivity contribution < 1.29 is 9.53 Å². The number of hydrogen-bond acceptors (Lipinski definition) is 4.